The first kappa shape index (κ1) is 12.4. The molecule has 2 rings (SSSR count). The van der Waals surface area contributed by atoms with Gasteiger partial charge in [-0.05, 0) is 26.2 Å². The van der Waals surface area contributed by atoms with Gasteiger partial charge in [-0.15, -0.1) is 0 Å². The third-order valence-corrected chi connectivity index (χ3v) is 3.75. The van der Waals surface area contributed by atoms with Gasteiger partial charge in [0.1, 0.15) is 12.1 Å². The number of piperazine rings is 1. The van der Waals surface area contributed by atoms with Gasteiger partial charge in [0.15, 0.2) is 0 Å². The number of rotatable bonds is 2. The molecular weight excluding hydrogens is 220 g/mol. The Kier molecular flexibility index (Phi) is 3.38. The second kappa shape index (κ2) is 4.64. The van der Waals surface area contributed by atoms with Gasteiger partial charge in [0.05, 0.1) is 12.6 Å². The second-order valence-electron chi connectivity index (χ2n) is 5.04. The Hall–Kier alpha value is -1.10. The zero-order valence-corrected chi connectivity index (χ0v) is 10.5. The molecule has 5 nitrogen and oxygen atoms in total. The van der Waals surface area contributed by atoms with Gasteiger partial charge in [-0.3, -0.25) is 9.59 Å². The summed E-state index contributed by atoms with van der Waals surface area (Å²) in [6, 6.07) is 0.0631. The fraction of sp³-hybridized carbons (Fsp3) is 0.833. The van der Waals surface area contributed by atoms with Gasteiger partial charge in [-0.25, -0.2) is 0 Å². The van der Waals surface area contributed by atoms with E-state index < -0.39 is 5.54 Å². The lowest BCUT2D eigenvalue weighted by Gasteiger charge is -2.43. The van der Waals surface area contributed by atoms with Gasteiger partial charge in [0.25, 0.3) is 0 Å². The van der Waals surface area contributed by atoms with Crippen LogP contribution in [0.2, 0.25) is 0 Å². The fourth-order valence-corrected chi connectivity index (χ4v) is 2.45. The summed E-state index contributed by atoms with van der Waals surface area (Å²) in [4.78, 5) is 25.8. The summed E-state index contributed by atoms with van der Waals surface area (Å²) in [5.74, 6) is -0.0466. The van der Waals surface area contributed by atoms with Crippen LogP contribution in [-0.4, -0.2) is 48.1 Å². The van der Waals surface area contributed by atoms with Crippen molar-refractivity contribution in [1.82, 2.24) is 10.2 Å². The monoisotopic (exact) mass is 240 g/mol. The molecule has 2 atom stereocenters. The third kappa shape index (κ3) is 2.29. The van der Waals surface area contributed by atoms with Gasteiger partial charge in [-0.2, -0.15) is 0 Å². The van der Waals surface area contributed by atoms with Crippen molar-refractivity contribution in [2.75, 3.05) is 19.8 Å². The molecule has 1 N–H and O–H groups in total. The standard InChI is InChI=1S/C12H20N2O3/c1-3-12(2)11(16)14(7-10(15)13-12)9-5-4-6-17-8-9/h9H,3-8H2,1-2H3,(H,13,15). The molecule has 2 aliphatic rings. The van der Waals surface area contributed by atoms with Crippen LogP contribution in [0.3, 0.4) is 0 Å². The largest absolute Gasteiger partial charge is 0.379 e. The highest BCUT2D eigenvalue weighted by Gasteiger charge is 2.44. The summed E-state index contributed by atoms with van der Waals surface area (Å²) in [5.41, 5.74) is -0.743. The van der Waals surface area contributed by atoms with E-state index in [-0.39, 0.29) is 24.4 Å². The molecule has 0 aromatic carbocycles. The number of nitrogens with zero attached hydrogens (tertiary/aromatic N) is 1. The molecule has 2 unspecified atom stereocenters. The van der Waals surface area contributed by atoms with Gasteiger partial charge in [0, 0.05) is 6.61 Å². The van der Waals surface area contributed by atoms with Crippen molar-refractivity contribution in [3.05, 3.63) is 0 Å². The van der Waals surface area contributed by atoms with E-state index in [4.69, 9.17) is 4.74 Å². The van der Waals surface area contributed by atoms with Crippen LogP contribution in [0.5, 0.6) is 0 Å². The Morgan fingerprint density at radius 1 is 1.53 bits per heavy atom. The molecule has 2 fully saturated rings. The van der Waals surface area contributed by atoms with E-state index in [1.165, 1.54) is 0 Å². The van der Waals surface area contributed by atoms with Gasteiger partial charge >= 0.3 is 0 Å². The number of nitrogens with one attached hydrogen (secondary N) is 1. The van der Waals surface area contributed by atoms with Gasteiger partial charge < -0.3 is 15.0 Å². The van der Waals surface area contributed by atoms with Gasteiger partial charge in [-0.1, -0.05) is 6.92 Å². The zero-order chi connectivity index (χ0) is 12.5. The number of hydrogen-bond donors (Lipinski definition) is 1. The van der Waals surface area contributed by atoms with Crippen molar-refractivity contribution in [3.63, 3.8) is 0 Å². The predicted molar refractivity (Wildman–Crippen MR) is 62.4 cm³/mol. The average molecular weight is 240 g/mol. The summed E-state index contributed by atoms with van der Waals surface area (Å²) < 4.78 is 5.40. The van der Waals surface area contributed by atoms with Crippen LogP contribution < -0.4 is 5.32 Å². The minimum atomic E-state index is -0.743. The highest BCUT2D eigenvalue weighted by Crippen LogP contribution is 2.23. The topological polar surface area (TPSA) is 58.6 Å². The number of hydrogen-bond acceptors (Lipinski definition) is 3. The first-order chi connectivity index (χ1) is 8.07. The molecule has 0 aliphatic carbocycles. The molecule has 0 spiro atoms. The molecule has 5 heteroatoms. The summed E-state index contributed by atoms with van der Waals surface area (Å²) in [6.07, 6.45) is 2.50. The highest BCUT2D eigenvalue weighted by molar-refractivity contribution is 5.97. The van der Waals surface area contributed by atoms with Crippen molar-refractivity contribution >= 4 is 11.8 Å². The molecule has 0 saturated carbocycles. The average Bonchev–Trinajstić information content (AvgIpc) is 2.35. The molecule has 0 radical (unpaired) electrons. The Morgan fingerprint density at radius 3 is 2.88 bits per heavy atom. The zero-order valence-electron chi connectivity index (χ0n) is 10.5. The van der Waals surface area contributed by atoms with Crippen molar-refractivity contribution < 1.29 is 14.3 Å². The molecular formula is C12H20N2O3. The number of amides is 2. The maximum atomic E-state index is 12.4. The summed E-state index contributed by atoms with van der Waals surface area (Å²) in [7, 11) is 0. The van der Waals surface area contributed by atoms with Crippen LogP contribution in [0.4, 0.5) is 0 Å². The molecule has 17 heavy (non-hydrogen) atoms. The Morgan fingerprint density at radius 2 is 2.29 bits per heavy atom. The van der Waals surface area contributed by atoms with Crippen molar-refractivity contribution in [2.24, 2.45) is 0 Å². The minimum Gasteiger partial charge on any atom is -0.379 e. The van der Waals surface area contributed by atoms with Crippen LogP contribution in [-0.2, 0) is 14.3 Å². The lowest BCUT2D eigenvalue weighted by atomic mass is 9.92. The normalized spacial score (nSPS) is 34.7. The lowest BCUT2D eigenvalue weighted by molar-refractivity contribution is -0.154. The van der Waals surface area contributed by atoms with Crippen LogP contribution >= 0.6 is 0 Å². The molecule has 2 saturated heterocycles. The maximum absolute atomic E-state index is 12.4. The van der Waals surface area contributed by atoms with E-state index in [2.05, 4.69) is 5.32 Å². The summed E-state index contributed by atoms with van der Waals surface area (Å²) in [5, 5.41) is 2.79. The lowest BCUT2D eigenvalue weighted by Crippen LogP contribution is -2.67. The molecule has 96 valence electrons. The van der Waals surface area contributed by atoms with Crippen LogP contribution in [0.1, 0.15) is 33.1 Å². The summed E-state index contributed by atoms with van der Waals surface area (Å²) >= 11 is 0. The van der Waals surface area contributed by atoms with Crippen LogP contribution in [0.25, 0.3) is 0 Å². The smallest absolute Gasteiger partial charge is 0.248 e. The Balaban J connectivity index is 2.15. The van der Waals surface area contributed by atoms with E-state index in [0.717, 1.165) is 19.4 Å². The van der Waals surface area contributed by atoms with E-state index in [1.807, 2.05) is 6.92 Å². The van der Waals surface area contributed by atoms with E-state index in [1.54, 1.807) is 11.8 Å². The quantitative estimate of drug-likeness (QED) is 0.755. The second-order valence-corrected chi connectivity index (χ2v) is 5.04. The molecule has 0 aromatic heterocycles. The minimum absolute atomic E-state index is 0.0232. The van der Waals surface area contributed by atoms with E-state index in [0.29, 0.717) is 13.0 Å². The van der Waals surface area contributed by atoms with E-state index in [9.17, 15) is 9.59 Å². The Bertz CT molecular complexity index is 326. The number of carbonyl (C=O) groups excluding carboxylic acids is 2. The third-order valence-electron chi connectivity index (χ3n) is 3.75. The number of carbonyl (C=O) groups is 2. The van der Waals surface area contributed by atoms with Crippen molar-refractivity contribution in [1.29, 1.82) is 0 Å². The number of ether oxygens (including phenoxy) is 1. The van der Waals surface area contributed by atoms with Crippen molar-refractivity contribution in [2.45, 2.75) is 44.7 Å². The van der Waals surface area contributed by atoms with Gasteiger partial charge in [0.2, 0.25) is 11.8 Å². The first-order valence-corrected chi connectivity index (χ1v) is 6.26. The molecule has 2 amide bonds. The van der Waals surface area contributed by atoms with Crippen LogP contribution in [0.15, 0.2) is 0 Å². The molecule has 0 aromatic rings. The molecule has 0 bridgehead atoms. The maximum Gasteiger partial charge on any atom is 0.248 e. The molecule has 2 heterocycles. The highest BCUT2D eigenvalue weighted by atomic mass is 16.5. The summed E-state index contributed by atoms with van der Waals surface area (Å²) in [6.45, 7) is 5.19. The fourth-order valence-electron chi connectivity index (χ4n) is 2.45. The Labute approximate surface area is 101 Å². The SMILES string of the molecule is CCC1(C)NC(=O)CN(C2CCCOC2)C1=O. The van der Waals surface area contributed by atoms with Crippen molar-refractivity contribution in [3.8, 4) is 0 Å². The van der Waals surface area contributed by atoms with E-state index >= 15 is 0 Å². The first-order valence-electron chi connectivity index (χ1n) is 6.26. The predicted octanol–water partition coefficient (Wildman–Crippen LogP) is 0.292. The van der Waals surface area contributed by atoms with Crippen LogP contribution in [0, 0.1) is 0 Å². The molecule has 2 aliphatic heterocycles.